The molecule has 1 aliphatic heterocycles. The van der Waals surface area contributed by atoms with Gasteiger partial charge in [-0.1, -0.05) is 0 Å². The Balaban J connectivity index is 1.87. The predicted octanol–water partition coefficient (Wildman–Crippen LogP) is -1.23. The standard InChI is InChI=1S/C15H24N4O4/c1-17-14(21)5-7-19(15(17)22)11-13(20)16-10-12-4-3-6-18(12)8-9-23-2/h5,7,12H,3-4,6,8-11H2,1-2H3,(H,16,20)/t12-/m0/s1. The third-order valence-corrected chi connectivity index (χ3v) is 4.19. The quantitative estimate of drug-likeness (QED) is 0.679. The minimum Gasteiger partial charge on any atom is -0.383 e. The SMILES string of the molecule is COCCN1CCC[C@H]1CNC(=O)Cn1ccc(=O)n(C)c1=O. The molecule has 1 fully saturated rings. The molecular formula is C15H24N4O4. The van der Waals surface area contributed by atoms with Gasteiger partial charge in [0.05, 0.1) is 6.61 Å². The number of rotatable bonds is 7. The number of carbonyl (C=O) groups is 1. The van der Waals surface area contributed by atoms with E-state index in [1.165, 1.54) is 23.9 Å². The molecule has 0 spiro atoms. The van der Waals surface area contributed by atoms with Crippen molar-refractivity contribution in [2.45, 2.75) is 25.4 Å². The average molecular weight is 324 g/mol. The summed E-state index contributed by atoms with van der Waals surface area (Å²) in [4.78, 5) is 37.6. The van der Waals surface area contributed by atoms with Gasteiger partial charge in [-0.05, 0) is 19.4 Å². The van der Waals surface area contributed by atoms with Crippen molar-refractivity contribution in [2.75, 3.05) is 33.4 Å². The van der Waals surface area contributed by atoms with E-state index in [2.05, 4.69) is 10.2 Å². The van der Waals surface area contributed by atoms with E-state index in [4.69, 9.17) is 4.74 Å². The molecule has 1 saturated heterocycles. The van der Waals surface area contributed by atoms with Crippen LogP contribution in [0.4, 0.5) is 0 Å². The zero-order chi connectivity index (χ0) is 16.8. The number of likely N-dealkylation sites (tertiary alicyclic amines) is 1. The minimum atomic E-state index is -0.491. The fourth-order valence-corrected chi connectivity index (χ4v) is 2.81. The van der Waals surface area contributed by atoms with Gasteiger partial charge in [0.25, 0.3) is 5.56 Å². The van der Waals surface area contributed by atoms with Gasteiger partial charge in [0.1, 0.15) is 6.54 Å². The number of ether oxygens (including phenoxy) is 1. The normalized spacial score (nSPS) is 18.3. The third-order valence-electron chi connectivity index (χ3n) is 4.19. The summed E-state index contributed by atoms with van der Waals surface area (Å²) in [7, 11) is 3.07. The van der Waals surface area contributed by atoms with E-state index in [0.29, 0.717) is 19.2 Å². The van der Waals surface area contributed by atoms with E-state index in [0.717, 1.165) is 30.5 Å². The lowest BCUT2D eigenvalue weighted by Crippen LogP contribution is -2.44. The summed E-state index contributed by atoms with van der Waals surface area (Å²) >= 11 is 0. The highest BCUT2D eigenvalue weighted by atomic mass is 16.5. The Morgan fingerprint density at radius 3 is 2.96 bits per heavy atom. The van der Waals surface area contributed by atoms with E-state index >= 15 is 0 Å². The molecular weight excluding hydrogens is 300 g/mol. The molecule has 0 aromatic carbocycles. The van der Waals surface area contributed by atoms with Crippen LogP contribution in [0.25, 0.3) is 0 Å². The van der Waals surface area contributed by atoms with Gasteiger partial charge < -0.3 is 10.1 Å². The smallest absolute Gasteiger partial charge is 0.331 e. The molecule has 0 unspecified atom stereocenters. The molecule has 128 valence electrons. The van der Waals surface area contributed by atoms with Gasteiger partial charge in [-0.15, -0.1) is 0 Å². The van der Waals surface area contributed by atoms with Crippen LogP contribution in [0.3, 0.4) is 0 Å². The number of hydrogen-bond donors (Lipinski definition) is 1. The van der Waals surface area contributed by atoms with Crippen molar-refractivity contribution >= 4 is 5.91 Å². The van der Waals surface area contributed by atoms with E-state index in [1.54, 1.807) is 7.11 Å². The topological polar surface area (TPSA) is 85.6 Å². The molecule has 1 N–H and O–H groups in total. The number of nitrogens with one attached hydrogen (secondary N) is 1. The summed E-state index contributed by atoms with van der Waals surface area (Å²) in [6.45, 7) is 3.03. The average Bonchev–Trinajstić information content (AvgIpc) is 2.99. The molecule has 0 aliphatic carbocycles. The highest BCUT2D eigenvalue weighted by Crippen LogP contribution is 2.15. The van der Waals surface area contributed by atoms with Crippen molar-refractivity contribution in [3.8, 4) is 0 Å². The van der Waals surface area contributed by atoms with Crippen molar-refractivity contribution in [1.82, 2.24) is 19.4 Å². The Morgan fingerprint density at radius 1 is 1.43 bits per heavy atom. The molecule has 0 radical (unpaired) electrons. The summed E-state index contributed by atoms with van der Waals surface area (Å²) in [6.07, 6.45) is 3.51. The number of nitrogens with zero attached hydrogens (tertiary/aromatic N) is 3. The maximum atomic E-state index is 12.0. The lowest BCUT2D eigenvalue weighted by atomic mass is 10.2. The second-order valence-electron chi connectivity index (χ2n) is 5.75. The molecule has 2 rings (SSSR count). The Morgan fingerprint density at radius 2 is 2.22 bits per heavy atom. The van der Waals surface area contributed by atoms with E-state index in [1.807, 2.05) is 0 Å². The molecule has 23 heavy (non-hydrogen) atoms. The van der Waals surface area contributed by atoms with Crippen molar-refractivity contribution in [2.24, 2.45) is 7.05 Å². The van der Waals surface area contributed by atoms with Gasteiger partial charge in [0, 0.05) is 45.6 Å². The predicted molar refractivity (Wildman–Crippen MR) is 85.4 cm³/mol. The molecule has 1 amide bonds. The van der Waals surface area contributed by atoms with Crippen LogP contribution in [0.15, 0.2) is 21.9 Å². The summed E-state index contributed by atoms with van der Waals surface area (Å²) in [5, 5.41) is 2.87. The van der Waals surface area contributed by atoms with Gasteiger partial charge in [0.15, 0.2) is 0 Å². The van der Waals surface area contributed by atoms with Gasteiger partial charge in [-0.3, -0.25) is 23.6 Å². The zero-order valence-corrected chi connectivity index (χ0v) is 13.7. The van der Waals surface area contributed by atoms with E-state index < -0.39 is 5.69 Å². The first-order valence-electron chi connectivity index (χ1n) is 7.79. The summed E-state index contributed by atoms with van der Waals surface area (Å²) in [5.41, 5.74) is -0.873. The second-order valence-corrected chi connectivity index (χ2v) is 5.75. The first-order chi connectivity index (χ1) is 11.0. The Labute approximate surface area is 134 Å². The molecule has 2 heterocycles. The van der Waals surface area contributed by atoms with Crippen LogP contribution in [-0.2, 0) is 23.1 Å². The molecule has 8 heteroatoms. The number of carbonyl (C=O) groups excluding carboxylic acids is 1. The molecule has 0 bridgehead atoms. The van der Waals surface area contributed by atoms with E-state index in [-0.39, 0.29) is 18.0 Å². The fraction of sp³-hybridized carbons (Fsp3) is 0.667. The molecule has 0 saturated carbocycles. The van der Waals surface area contributed by atoms with Crippen LogP contribution < -0.4 is 16.6 Å². The van der Waals surface area contributed by atoms with E-state index in [9.17, 15) is 14.4 Å². The molecule has 1 aromatic heterocycles. The van der Waals surface area contributed by atoms with Crippen LogP contribution in [0.2, 0.25) is 0 Å². The van der Waals surface area contributed by atoms with Crippen LogP contribution in [0.1, 0.15) is 12.8 Å². The van der Waals surface area contributed by atoms with Gasteiger partial charge >= 0.3 is 5.69 Å². The Bertz CT molecular complexity index is 652. The minimum absolute atomic E-state index is 0.0856. The van der Waals surface area contributed by atoms with Crippen LogP contribution >= 0.6 is 0 Å². The van der Waals surface area contributed by atoms with Crippen molar-refractivity contribution in [3.63, 3.8) is 0 Å². The van der Waals surface area contributed by atoms with Crippen LogP contribution in [-0.4, -0.2) is 59.3 Å². The largest absolute Gasteiger partial charge is 0.383 e. The maximum absolute atomic E-state index is 12.0. The van der Waals surface area contributed by atoms with Gasteiger partial charge in [0.2, 0.25) is 5.91 Å². The first-order valence-corrected chi connectivity index (χ1v) is 7.79. The van der Waals surface area contributed by atoms with Crippen molar-refractivity contribution in [1.29, 1.82) is 0 Å². The monoisotopic (exact) mass is 324 g/mol. The van der Waals surface area contributed by atoms with Gasteiger partial charge in [-0.2, -0.15) is 0 Å². The molecule has 1 aliphatic rings. The maximum Gasteiger partial charge on any atom is 0.331 e. The summed E-state index contributed by atoms with van der Waals surface area (Å²) in [6, 6.07) is 1.59. The lowest BCUT2D eigenvalue weighted by Gasteiger charge is -2.24. The third kappa shape index (κ3) is 4.52. The number of amides is 1. The fourth-order valence-electron chi connectivity index (χ4n) is 2.81. The highest BCUT2D eigenvalue weighted by molar-refractivity contribution is 5.75. The first kappa shape index (κ1) is 17.4. The molecule has 1 atom stereocenters. The number of methoxy groups -OCH3 is 1. The van der Waals surface area contributed by atoms with Crippen LogP contribution in [0.5, 0.6) is 0 Å². The molecule has 1 aromatic rings. The van der Waals surface area contributed by atoms with Crippen LogP contribution in [0, 0.1) is 0 Å². The highest BCUT2D eigenvalue weighted by Gasteiger charge is 2.24. The summed E-state index contributed by atoms with van der Waals surface area (Å²) in [5.74, 6) is -0.232. The number of hydrogen-bond acceptors (Lipinski definition) is 5. The second kappa shape index (κ2) is 8.07. The lowest BCUT2D eigenvalue weighted by molar-refractivity contribution is -0.121. The Hall–Kier alpha value is -1.93. The number of aromatic nitrogens is 2. The molecule has 8 nitrogen and oxygen atoms in total. The zero-order valence-electron chi connectivity index (χ0n) is 13.7. The van der Waals surface area contributed by atoms with Crippen molar-refractivity contribution < 1.29 is 9.53 Å². The van der Waals surface area contributed by atoms with Gasteiger partial charge in [-0.25, -0.2) is 4.79 Å². The Kier molecular flexibility index (Phi) is 6.12. The van der Waals surface area contributed by atoms with Crippen molar-refractivity contribution in [3.05, 3.63) is 33.1 Å². The summed E-state index contributed by atoms with van der Waals surface area (Å²) < 4.78 is 7.31.